The van der Waals surface area contributed by atoms with Crippen molar-refractivity contribution < 1.29 is 4.39 Å². The third-order valence-electron chi connectivity index (χ3n) is 4.03. The van der Waals surface area contributed by atoms with Crippen LogP contribution in [-0.4, -0.2) is 9.97 Å². The van der Waals surface area contributed by atoms with Crippen molar-refractivity contribution in [2.24, 2.45) is 5.92 Å². The zero-order valence-corrected chi connectivity index (χ0v) is 13.1. The monoisotopic (exact) mass is 297 g/mol. The number of benzene rings is 1. The number of nitrogens with one attached hydrogen (secondary N) is 1. The molecule has 0 amide bonds. The molecule has 1 aliphatic rings. The van der Waals surface area contributed by atoms with Gasteiger partial charge in [-0.1, -0.05) is 26.0 Å². The average molecular weight is 297 g/mol. The minimum absolute atomic E-state index is 0.207. The largest absolute Gasteiger partial charge is 0.324 e. The molecular formula is C18H20FN3. The number of aromatic nitrogens is 2. The van der Waals surface area contributed by atoms with Gasteiger partial charge in [0, 0.05) is 17.8 Å². The Morgan fingerprint density at radius 3 is 2.86 bits per heavy atom. The average Bonchev–Trinajstić information content (AvgIpc) is 2.50. The van der Waals surface area contributed by atoms with Gasteiger partial charge in [0.2, 0.25) is 5.95 Å². The van der Waals surface area contributed by atoms with E-state index in [1.165, 1.54) is 11.6 Å². The molecule has 1 aliphatic carbocycles. The maximum atomic E-state index is 13.3. The van der Waals surface area contributed by atoms with Gasteiger partial charge in [-0.15, -0.1) is 0 Å². The summed E-state index contributed by atoms with van der Waals surface area (Å²) in [4.78, 5) is 9.08. The van der Waals surface area contributed by atoms with Gasteiger partial charge >= 0.3 is 0 Å². The Bertz CT molecular complexity index is 722. The predicted octanol–water partition coefficient (Wildman–Crippen LogP) is 4.52. The molecule has 0 saturated carbocycles. The lowest BCUT2D eigenvalue weighted by atomic mass is 9.85. The minimum Gasteiger partial charge on any atom is -0.324 e. The van der Waals surface area contributed by atoms with Crippen LogP contribution in [0.3, 0.4) is 0 Å². The summed E-state index contributed by atoms with van der Waals surface area (Å²) >= 11 is 0. The highest BCUT2D eigenvalue weighted by Crippen LogP contribution is 2.31. The molecule has 4 heteroatoms. The van der Waals surface area contributed by atoms with Gasteiger partial charge in [0.05, 0.1) is 5.69 Å². The molecule has 3 nitrogen and oxygen atoms in total. The second kappa shape index (κ2) is 5.87. The summed E-state index contributed by atoms with van der Waals surface area (Å²) in [6.45, 7) is 6.14. The summed E-state index contributed by atoms with van der Waals surface area (Å²) in [5, 5.41) is 3.17. The number of hydrogen-bond donors (Lipinski definition) is 1. The minimum atomic E-state index is -0.207. The number of fused-ring (bicyclic) bond motifs is 1. The lowest BCUT2D eigenvalue weighted by Gasteiger charge is -2.23. The quantitative estimate of drug-likeness (QED) is 0.846. The highest BCUT2D eigenvalue weighted by atomic mass is 19.1. The third-order valence-corrected chi connectivity index (χ3v) is 4.03. The summed E-state index contributed by atoms with van der Waals surface area (Å²) in [6.07, 6.45) is 7.19. The highest BCUT2D eigenvalue weighted by molar-refractivity contribution is 5.55. The van der Waals surface area contributed by atoms with Crippen molar-refractivity contribution in [3.8, 4) is 0 Å². The van der Waals surface area contributed by atoms with E-state index in [4.69, 9.17) is 4.98 Å². The highest BCUT2D eigenvalue weighted by Gasteiger charge is 2.21. The van der Waals surface area contributed by atoms with Gasteiger partial charge in [-0.2, -0.15) is 0 Å². The first kappa shape index (κ1) is 14.7. The van der Waals surface area contributed by atoms with Gasteiger partial charge in [0.15, 0.2) is 0 Å². The zero-order chi connectivity index (χ0) is 15.7. The Hall–Kier alpha value is -2.23. The fraction of sp³-hybridized carbons (Fsp3) is 0.333. The lowest BCUT2D eigenvalue weighted by molar-refractivity contribution is 0.555. The number of anilines is 2. The molecule has 1 aromatic heterocycles. The maximum absolute atomic E-state index is 13.3. The molecule has 2 aromatic rings. The van der Waals surface area contributed by atoms with E-state index in [0.29, 0.717) is 23.3 Å². The number of nitrogens with zero attached hydrogens (tertiary/aromatic N) is 2. The number of hydrogen-bond acceptors (Lipinski definition) is 3. The lowest BCUT2D eigenvalue weighted by Crippen LogP contribution is -2.14. The molecule has 1 atom stereocenters. The molecule has 0 bridgehead atoms. The molecule has 1 heterocycles. The summed E-state index contributed by atoms with van der Waals surface area (Å²) in [5.41, 5.74) is 3.67. The molecule has 0 aliphatic heterocycles. The van der Waals surface area contributed by atoms with E-state index in [2.05, 4.69) is 36.3 Å². The van der Waals surface area contributed by atoms with Gasteiger partial charge in [-0.05, 0) is 48.6 Å². The SMILES string of the molecule is Cc1cc(Nc2ncc3c(n2)C(C(C)C)C=CC3)ccc1F. The molecule has 3 rings (SSSR count). The van der Waals surface area contributed by atoms with Crippen molar-refractivity contribution in [3.05, 3.63) is 59.2 Å². The van der Waals surface area contributed by atoms with Crippen molar-refractivity contribution >= 4 is 11.6 Å². The second-order valence-electron chi connectivity index (χ2n) is 6.10. The molecule has 0 radical (unpaired) electrons. The van der Waals surface area contributed by atoms with Crippen molar-refractivity contribution in [2.45, 2.75) is 33.1 Å². The van der Waals surface area contributed by atoms with Crippen LogP contribution in [-0.2, 0) is 6.42 Å². The van der Waals surface area contributed by atoms with E-state index in [0.717, 1.165) is 17.8 Å². The summed E-state index contributed by atoms with van der Waals surface area (Å²) < 4.78 is 13.3. The van der Waals surface area contributed by atoms with Crippen LogP contribution in [0.5, 0.6) is 0 Å². The first-order valence-electron chi connectivity index (χ1n) is 7.60. The van der Waals surface area contributed by atoms with Gasteiger partial charge in [0.1, 0.15) is 5.82 Å². The van der Waals surface area contributed by atoms with Crippen LogP contribution < -0.4 is 5.32 Å². The van der Waals surface area contributed by atoms with E-state index in [-0.39, 0.29) is 5.82 Å². The fourth-order valence-corrected chi connectivity index (χ4v) is 2.75. The maximum Gasteiger partial charge on any atom is 0.227 e. The first-order valence-corrected chi connectivity index (χ1v) is 7.60. The third kappa shape index (κ3) is 2.86. The Labute approximate surface area is 130 Å². The zero-order valence-electron chi connectivity index (χ0n) is 13.1. The Kier molecular flexibility index (Phi) is 3.92. The van der Waals surface area contributed by atoms with Crippen LogP contribution >= 0.6 is 0 Å². The fourth-order valence-electron chi connectivity index (χ4n) is 2.75. The number of allylic oxidation sites excluding steroid dienone is 2. The normalized spacial score (nSPS) is 16.7. The summed E-state index contributed by atoms with van der Waals surface area (Å²) in [5.74, 6) is 1.17. The molecule has 114 valence electrons. The molecule has 0 fully saturated rings. The van der Waals surface area contributed by atoms with E-state index in [9.17, 15) is 4.39 Å². The number of halogens is 1. The van der Waals surface area contributed by atoms with Gasteiger partial charge in [-0.25, -0.2) is 14.4 Å². The smallest absolute Gasteiger partial charge is 0.227 e. The molecule has 0 saturated heterocycles. The Balaban J connectivity index is 1.90. The molecular weight excluding hydrogens is 277 g/mol. The van der Waals surface area contributed by atoms with E-state index in [1.54, 1.807) is 19.1 Å². The van der Waals surface area contributed by atoms with Crippen molar-refractivity contribution in [3.63, 3.8) is 0 Å². The van der Waals surface area contributed by atoms with E-state index in [1.807, 2.05) is 6.20 Å². The van der Waals surface area contributed by atoms with Gasteiger partial charge in [-0.3, -0.25) is 0 Å². The van der Waals surface area contributed by atoms with Crippen LogP contribution in [0.15, 0.2) is 36.5 Å². The van der Waals surface area contributed by atoms with Crippen molar-refractivity contribution in [2.75, 3.05) is 5.32 Å². The van der Waals surface area contributed by atoms with Crippen LogP contribution in [0, 0.1) is 18.7 Å². The van der Waals surface area contributed by atoms with Crippen LogP contribution in [0.25, 0.3) is 0 Å². The molecule has 0 spiro atoms. The molecule has 22 heavy (non-hydrogen) atoms. The molecule has 1 unspecified atom stereocenters. The van der Waals surface area contributed by atoms with Gasteiger partial charge < -0.3 is 5.32 Å². The molecule has 1 aromatic carbocycles. The standard InChI is InChI=1S/C18H20FN3/c1-11(2)15-6-4-5-13-10-20-18(22-17(13)15)21-14-7-8-16(19)12(3)9-14/h4,6-11,15H,5H2,1-3H3,(H,20,21,22). The van der Waals surface area contributed by atoms with Crippen molar-refractivity contribution in [1.29, 1.82) is 0 Å². The Morgan fingerprint density at radius 2 is 2.14 bits per heavy atom. The van der Waals surface area contributed by atoms with Crippen LogP contribution in [0.1, 0.15) is 36.6 Å². The van der Waals surface area contributed by atoms with E-state index >= 15 is 0 Å². The van der Waals surface area contributed by atoms with Crippen LogP contribution in [0.4, 0.5) is 16.0 Å². The Morgan fingerprint density at radius 1 is 1.32 bits per heavy atom. The first-order chi connectivity index (χ1) is 10.5. The number of rotatable bonds is 3. The van der Waals surface area contributed by atoms with E-state index < -0.39 is 0 Å². The second-order valence-corrected chi connectivity index (χ2v) is 6.10. The molecule has 1 N–H and O–H groups in total. The van der Waals surface area contributed by atoms with Crippen LogP contribution in [0.2, 0.25) is 0 Å². The summed E-state index contributed by atoms with van der Waals surface area (Å²) in [6, 6.07) is 4.92. The van der Waals surface area contributed by atoms with Crippen molar-refractivity contribution in [1.82, 2.24) is 9.97 Å². The summed E-state index contributed by atoms with van der Waals surface area (Å²) in [7, 11) is 0. The number of aryl methyl sites for hydroxylation is 1. The predicted molar refractivity (Wildman–Crippen MR) is 86.9 cm³/mol. The van der Waals surface area contributed by atoms with Gasteiger partial charge in [0.25, 0.3) is 0 Å². The topological polar surface area (TPSA) is 37.8 Å².